The fourth-order valence-electron chi connectivity index (χ4n) is 1.98. The second kappa shape index (κ2) is 6.13. The van der Waals surface area contributed by atoms with E-state index in [9.17, 15) is 19.4 Å². The number of hydrogen-bond donors (Lipinski definition) is 2. The summed E-state index contributed by atoms with van der Waals surface area (Å²) >= 11 is 0. The number of benzene rings is 1. The lowest BCUT2D eigenvalue weighted by Crippen LogP contribution is -2.38. The number of carbonyl (C=O) groups excluding carboxylic acids is 1. The average Bonchev–Trinajstić information content (AvgIpc) is 2.72. The van der Waals surface area contributed by atoms with Crippen molar-refractivity contribution in [3.63, 3.8) is 0 Å². The Morgan fingerprint density at radius 2 is 2.05 bits per heavy atom. The molecule has 6 heteroatoms. The zero-order valence-corrected chi connectivity index (χ0v) is 10.8. The molecule has 20 heavy (non-hydrogen) atoms. The van der Waals surface area contributed by atoms with Crippen LogP contribution in [0.25, 0.3) is 6.08 Å². The van der Waals surface area contributed by atoms with E-state index in [1.807, 2.05) is 0 Å². The van der Waals surface area contributed by atoms with Crippen molar-refractivity contribution in [2.75, 3.05) is 7.11 Å². The zero-order chi connectivity index (χ0) is 14.7. The van der Waals surface area contributed by atoms with Gasteiger partial charge in [0, 0.05) is 7.11 Å². The van der Waals surface area contributed by atoms with Crippen LogP contribution in [-0.2, 0) is 14.3 Å². The first kappa shape index (κ1) is 14.6. The van der Waals surface area contributed by atoms with E-state index in [0.29, 0.717) is 5.56 Å². The molecule has 0 aliphatic carbocycles. The zero-order valence-electron chi connectivity index (χ0n) is 10.8. The van der Waals surface area contributed by atoms with Gasteiger partial charge < -0.3 is 19.7 Å². The van der Waals surface area contributed by atoms with Crippen molar-refractivity contribution in [2.24, 2.45) is 0 Å². The number of ether oxygens (including phenoxy) is 2. The van der Waals surface area contributed by atoms with Crippen LogP contribution in [0, 0.1) is 5.82 Å². The summed E-state index contributed by atoms with van der Waals surface area (Å²) in [5.41, 5.74) is 0.674. The Morgan fingerprint density at radius 1 is 1.40 bits per heavy atom. The van der Waals surface area contributed by atoms with Gasteiger partial charge in [-0.25, -0.2) is 9.18 Å². The molecule has 2 unspecified atom stereocenters. The van der Waals surface area contributed by atoms with Crippen LogP contribution in [0.2, 0.25) is 0 Å². The van der Waals surface area contributed by atoms with Gasteiger partial charge in [0.05, 0.1) is 0 Å². The van der Waals surface area contributed by atoms with Crippen molar-refractivity contribution in [1.82, 2.24) is 0 Å². The van der Waals surface area contributed by atoms with E-state index in [2.05, 4.69) is 0 Å². The first-order valence-corrected chi connectivity index (χ1v) is 6.06. The fourth-order valence-corrected chi connectivity index (χ4v) is 1.98. The van der Waals surface area contributed by atoms with Crippen LogP contribution >= 0.6 is 0 Å². The second-order valence-electron chi connectivity index (χ2n) is 4.45. The van der Waals surface area contributed by atoms with Crippen molar-refractivity contribution >= 4 is 12.0 Å². The monoisotopic (exact) mass is 282 g/mol. The van der Waals surface area contributed by atoms with Crippen LogP contribution < -0.4 is 0 Å². The Kier molecular flexibility index (Phi) is 4.49. The minimum absolute atomic E-state index is 0.356. The molecule has 2 rings (SSSR count). The molecule has 1 heterocycles. The smallest absolute Gasteiger partial charge is 0.338 e. The topological polar surface area (TPSA) is 76.0 Å². The third kappa shape index (κ3) is 3.04. The van der Waals surface area contributed by atoms with E-state index in [-0.39, 0.29) is 5.82 Å². The second-order valence-corrected chi connectivity index (χ2v) is 4.45. The molecule has 1 aliphatic rings. The van der Waals surface area contributed by atoms with Crippen LogP contribution in [0.1, 0.15) is 5.56 Å². The third-order valence-corrected chi connectivity index (χ3v) is 3.08. The van der Waals surface area contributed by atoms with Crippen LogP contribution in [0.5, 0.6) is 0 Å². The lowest BCUT2D eigenvalue weighted by atomic mass is 10.0. The molecule has 1 fully saturated rings. The summed E-state index contributed by atoms with van der Waals surface area (Å²) in [6.45, 7) is 0. The van der Waals surface area contributed by atoms with E-state index in [4.69, 9.17) is 9.47 Å². The van der Waals surface area contributed by atoms with Crippen molar-refractivity contribution in [3.8, 4) is 0 Å². The number of rotatable bonds is 4. The number of hydrogen-bond acceptors (Lipinski definition) is 5. The summed E-state index contributed by atoms with van der Waals surface area (Å²) in [5.74, 6) is -1.06. The number of halogens is 1. The lowest BCUT2D eigenvalue weighted by molar-refractivity contribution is -0.150. The van der Waals surface area contributed by atoms with E-state index in [0.717, 1.165) is 0 Å². The van der Waals surface area contributed by atoms with E-state index in [1.54, 1.807) is 6.08 Å². The Bertz CT molecular complexity index is 499. The highest BCUT2D eigenvalue weighted by Gasteiger charge is 2.46. The van der Waals surface area contributed by atoms with Gasteiger partial charge in [-0.2, -0.15) is 0 Å². The maximum absolute atomic E-state index is 12.7. The van der Waals surface area contributed by atoms with Gasteiger partial charge >= 0.3 is 5.97 Å². The molecule has 1 aromatic carbocycles. The molecule has 0 saturated carbocycles. The van der Waals surface area contributed by atoms with E-state index < -0.39 is 30.4 Å². The van der Waals surface area contributed by atoms with Gasteiger partial charge in [0.25, 0.3) is 0 Å². The van der Waals surface area contributed by atoms with Gasteiger partial charge in [-0.1, -0.05) is 24.3 Å². The predicted octanol–water partition coefficient (Wildman–Crippen LogP) is 0.501. The van der Waals surface area contributed by atoms with Gasteiger partial charge in [0.1, 0.15) is 18.0 Å². The largest absolute Gasteiger partial charge is 0.454 e. The van der Waals surface area contributed by atoms with Gasteiger partial charge in [-0.15, -0.1) is 0 Å². The molecule has 1 aliphatic heterocycles. The molecule has 4 atom stereocenters. The average molecular weight is 282 g/mol. The maximum atomic E-state index is 12.7. The number of carbonyl (C=O) groups is 1. The van der Waals surface area contributed by atoms with E-state index in [1.165, 1.54) is 37.5 Å². The number of methoxy groups -OCH3 is 1. The molecule has 1 saturated heterocycles. The summed E-state index contributed by atoms with van der Waals surface area (Å²) in [6, 6.07) is 5.65. The first-order chi connectivity index (χ1) is 9.52. The highest BCUT2D eigenvalue weighted by Crippen LogP contribution is 2.22. The Balaban J connectivity index is 2.03. The maximum Gasteiger partial charge on any atom is 0.338 e. The minimum Gasteiger partial charge on any atom is -0.454 e. The molecule has 108 valence electrons. The van der Waals surface area contributed by atoms with Crippen molar-refractivity contribution in [1.29, 1.82) is 0 Å². The molecular weight excluding hydrogens is 267 g/mol. The summed E-state index contributed by atoms with van der Waals surface area (Å²) < 4.78 is 22.4. The Morgan fingerprint density at radius 3 is 2.60 bits per heavy atom. The van der Waals surface area contributed by atoms with Gasteiger partial charge in [0.2, 0.25) is 0 Å². The van der Waals surface area contributed by atoms with E-state index >= 15 is 0 Å². The highest BCUT2D eigenvalue weighted by atomic mass is 19.1. The summed E-state index contributed by atoms with van der Waals surface area (Å²) in [4.78, 5) is 11.4. The third-order valence-electron chi connectivity index (χ3n) is 3.08. The Labute approximate surface area is 115 Å². The molecule has 0 spiro atoms. The quantitative estimate of drug-likeness (QED) is 0.787. The Hall–Kier alpha value is -1.76. The molecule has 0 bridgehead atoms. The molecule has 5 nitrogen and oxygen atoms in total. The predicted molar refractivity (Wildman–Crippen MR) is 68.1 cm³/mol. The molecule has 0 aromatic heterocycles. The first-order valence-electron chi connectivity index (χ1n) is 6.06. The van der Waals surface area contributed by atoms with Crippen LogP contribution in [-0.4, -0.2) is 47.7 Å². The minimum atomic E-state index is -1.24. The summed E-state index contributed by atoms with van der Waals surface area (Å²) in [6.07, 6.45) is -1.67. The fraction of sp³-hybridized carbons (Fsp3) is 0.357. The van der Waals surface area contributed by atoms with Crippen molar-refractivity contribution < 1.29 is 28.9 Å². The van der Waals surface area contributed by atoms with Crippen molar-refractivity contribution in [2.45, 2.75) is 24.4 Å². The SMILES string of the molecule is CO[C@H]1C(=O)OC([C@H](O)C=Cc2ccc(F)cc2)C1O. The molecule has 0 radical (unpaired) electrons. The van der Waals surface area contributed by atoms with Crippen LogP contribution in [0.3, 0.4) is 0 Å². The van der Waals surface area contributed by atoms with Crippen LogP contribution in [0.15, 0.2) is 30.3 Å². The number of esters is 1. The molecule has 1 aromatic rings. The number of aliphatic hydroxyl groups excluding tert-OH is 2. The summed E-state index contributed by atoms with van der Waals surface area (Å²) in [5, 5.41) is 19.7. The summed E-state index contributed by atoms with van der Waals surface area (Å²) in [7, 11) is 1.28. The molecule has 2 N–H and O–H groups in total. The highest BCUT2D eigenvalue weighted by molar-refractivity contribution is 5.78. The number of aliphatic hydroxyl groups is 2. The lowest BCUT2D eigenvalue weighted by Gasteiger charge is -2.17. The van der Waals surface area contributed by atoms with Crippen LogP contribution in [0.4, 0.5) is 4.39 Å². The normalized spacial score (nSPS) is 27.8. The number of cyclic esters (lactones) is 1. The van der Waals surface area contributed by atoms with Gasteiger partial charge in [-0.05, 0) is 17.7 Å². The van der Waals surface area contributed by atoms with Gasteiger partial charge in [0.15, 0.2) is 12.2 Å². The molecular formula is C14H15FO5. The van der Waals surface area contributed by atoms with Gasteiger partial charge in [-0.3, -0.25) is 0 Å². The standard InChI is InChI=1S/C14H15FO5/c1-19-13-11(17)12(20-14(13)18)10(16)7-4-8-2-5-9(15)6-3-8/h2-7,10-13,16-17H,1H3/t10-,11?,12?,13-/m1/s1. The molecule has 0 amide bonds. The van der Waals surface area contributed by atoms with Crippen molar-refractivity contribution in [3.05, 3.63) is 41.7 Å².